The second-order valence-electron chi connectivity index (χ2n) is 7.28. The minimum Gasteiger partial charge on any atom is -0.489 e. The van der Waals surface area contributed by atoms with E-state index >= 15 is 0 Å². The molecule has 1 aromatic carbocycles. The second kappa shape index (κ2) is 8.69. The van der Waals surface area contributed by atoms with Crippen LogP contribution in [-0.4, -0.2) is 51.9 Å². The Balaban J connectivity index is 1.21. The quantitative estimate of drug-likeness (QED) is 0.481. The van der Waals surface area contributed by atoms with E-state index < -0.39 is 0 Å². The van der Waals surface area contributed by atoms with E-state index in [1.54, 1.807) is 29.9 Å². The summed E-state index contributed by atoms with van der Waals surface area (Å²) < 4.78 is 5.84. The van der Waals surface area contributed by atoms with Crippen LogP contribution in [0.5, 0.6) is 5.75 Å². The van der Waals surface area contributed by atoms with Crippen LogP contribution in [0.15, 0.2) is 67.1 Å². The maximum absolute atomic E-state index is 13.0. The minimum atomic E-state index is 0.0254. The van der Waals surface area contributed by atoms with Gasteiger partial charge in [0.1, 0.15) is 22.7 Å². The number of hydrogen-bond acceptors (Lipinski definition) is 7. The number of nitrogens with zero attached hydrogens (tertiary/aromatic N) is 5. The van der Waals surface area contributed by atoms with Crippen molar-refractivity contribution in [2.45, 2.75) is 6.61 Å². The van der Waals surface area contributed by atoms with E-state index in [-0.39, 0.29) is 5.91 Å². The number of carbonyl (C=O) groups is 1. The fraction of sp³-hybridized carbons (Fsp3) is 0.217. The molecule has 1 aliphatic heterocycles. The number of ether oxygens (including phenoxy) is 1. The maximum atomic E-state index is 13.0. The zero-order chi connectivity index (χ0) is 21.0. The molecule has 8 heteroatoms. The molecule has 156 valence electrons. The summed E-state index contributed by atoms with van der Waals surface area (Å²) in [6.07, 6.45) is 5.29. The third-order valence-electron chi connectivity index (χ3n) is 5.20. The summed E-state index contributed by atoms with van der Waals surface area (Å²) in [6.45, 7) is 3.23. The third kappa shape index (κ3) is 4.34. The van der Waals surface area contributed by atoms with Crippen molar-refractivity contribution in [1.29, 1.82) is 0 Å². The van der Waals surface area contributed by atoms with Crippen molar-refractivity contribution in [3.63, 3.8) is 0 Å². The molecule has 0 atom stereocenters. The van der Waals surface area contributed by atoms with Gasteiger partial charge in [-0.2, -0.15) is 0 Å². The van der Waals surface area contributed by atoms with E-state index in [9.17, 15) is 4.79 Å². The lowest BCUT2D eigenvalue weighted by atomic mass is 10.1. The lowest BCUT2D eigenvalue weighted by molar-refractivity contribution is 0.0746. The van der Waals surface area contributed by atoms with Crippen molar-refractivity contribution in [2.24, 2.45) is 0 Å². The van der Waals surface area contributed by atoms with Gasteiger partial charge in [-0.3, -0.25) is 9.78 Å². The number of carbonyl (C=O) groups excluding carboxylic acids is 1. The molecule has 5 rings (SSSR count). The number of rotatable bonds is 5. The average Bonchev–Trinajstić information content (AvgIpc) is 3.28. The normalized spacial score (nSPS) is 14.1. The molecule has 4 aromatic rings. The summed E-state index contributed by atoms with van der Waals surface area (Å²) in [5.41, 5.74) is 2.55. The molecule has 0 N–H and O–H groups in total. The SMILES string of the molecule is O=C(c1cccc(OCc2cccnc2)c1)N1CCN(c2nc3cccnc3s2)CC1. The van der Waals surface area contributed by atoms with E-state index in [4.69, 9.17) is 4.74 Å². The van der Waals surface area contributed by atoms with E-state index in [0.717, 1.165) is 34.1 Å². The van der Waals surface area contributed by atoms with Gasteiger partial charge in [-0.25, -0.2) is 9.97 Å². The summed E-state index contributed by atoms with van der Waals surface area (Å²) in [5.74, 6) is 0.702. The number of hydrogen-bond donors (Lipinski definition) is 0. The average molecular weight is 432 g/mol. The topological polar surface area (TPSA) is 71.5 Å². The Morgan fingerprint density at radius 2 is 1.90 bits per heavy atom. The van der Waals surface area contributed by atoms with Crippen LogP contribution < -0.4 is 9.64 Å². The summed E-state index contributed by atoms with van der Waals surface area (Å²) in [6, 6.07) is 15.1. The van der Waals surface area contributed by atoms with Crippen molar-refractivity contribution in [1.82, 2.24) is 19.9 Å². The molecule has 3 aromatic heterocycles. The molecule has 1 aliphatic rings. The fourth-order valence-corrected chi connectivity index (χ4v) is 4.51. The van der Waals surface area contributed by atoms with Gasteiger partial charge < -0.3 is 14.5 Å². The molecule has 7 nitrogen and oxygen atoms in total. The minimum absolute atomic E-state index is 0.0254. The first kappa shape index (κ1) is 19.4. The summed E-state index contributed by atoms with van der Waals surface area (Å²) >= 11 is 1.59. The van der Waals surface area contributed by atoms with Gasteiger partial charge in [-0.15, -0.1) is 0 Å². The number of aromatic nitrogens is 3. The number of fused-ring (bicyclic) bond motifs is 1. The van der Waals surface area contributed by atoms with E-state index in [2.05, 4.69) is 19.9 Å². The molecular weight excluding hydrogens is 410 g/mol. The Morgan fingerprint density at radius 3 is 2.71 bits per heavy atom. The largest absolute Gasteiger partial charge is 0.489 e. The van der Waals surface area contributed by atoms with Crippen molar-refractivity contribution >= 4 is 32.7 Å². The summed E-state index contributed by atoms with van der Waals surface area (Å²) in [7, 11) is 0. The number of thiazole rings is 1. The molecular formula is C23H21N5O2S. The number of pyridine rings is 2. The van der Waals surface area contributed by atoms with Crippen molar-refractivity contribution in [3.8, 4) is 5.75 Å². The van der Waals surface area contributed by atoms with Gasteiger partial charge in [0.25, 0.3) is 5.91 Å². The Kier molecular flexibility index (Phi) is 5.45. The fourth-order valence-electron chi connectivity index (χ4n) is 3.55. The van der Waals surface area contributed by atoms with Gasteiger partial charge in [0, 0.05) is 55.9 Å². The Hall–Kier alpha value is -3.52. The first-order valence-electron chi connectivity index (χ1n) is 10.1. The van der Waals surface area contributed by atoms with Crippen LogP contribution in [0.1, 0.15) is 15.9 Å². The smallest absolute Gasteiger partial charge is 0.254 e. The molecule has 1 amide bonds. The lowest BCUT2D eigenvalue weighted by Gasteiger charge is -2.34. The molecule has 0 radical (unpaired) electrons. The van der Waals surface area contributed by atoms with Crippen LogP contribution in [0.25, 0.3) is 10.3 Å². The monoisotopic (exact) mass is 431 g/mol. The number of piperazine rings is 1. The lowest BCUT2D eigenvalue weighted by Crippen LogP contribution is -2.48. The summed E-state index contributed by atoms with van der Waals surface area (Å²) in [4.78, 5) is 31.2. The first-order valence-corrected chi connectivity index (χ1v) is 11.0. The van der Waals surface area contributed by atoms with Gasteiger partial charge in [0.2, 0.25) is 0 Å². The standard InChI is InChI=1S/C23H21N5O2S/c29-22(18-5-1-6-19(14-18)30-16-17-4-2-8-24-15-17)27-10-12-28(13-11-27)23-26-20-7-3-9-25-21(20)31-23/h1-9,14-15H,10-13,16H2. The van der Waals surface area contributed by atoms with Crippen LogP contribution in [0, 0.1) is 0 Å². The van der Waals surface area contributed by atoms with E-state index in [0.29, 0.717) is 31.0 Å². The molecule has 4 heterocycles. The van der Waals surface area contributed by atoms with Crippen molar-refractivity contribution < 1.29 is 9.53 Å². The van der Waals surface area contributed by atoms with Crippen molar-refractivity contribution in [3.05, 3.63) is 78.2 Å². The molecule has 1 saturated heterocycles. The van der Waals surface area contributed by atoms with Crippen LogP contribution in [0.3, 0.4) is 0 Å². The van der Waals surface area contributed by atoms with Crippen LogP contribution in [-0.2, 0) is 6.61 Å². The highest BCUT2D eigenvalue weighted by Crippen LogP contribution is 2.28. The number of benzene rings is 1. The van der Waals surface area contributed by atoms with Crippen LogP contribution in [0.4, 0.5) is 5.13 Å². The van der Waals surface area contributed by atoms with Gasteiger partial charge in [0.15, 0.2) is 5.13 Å². The highest BCUT2D eigenvalue weighted by Gasteiger charge is 2.24. The van der Waals surface area contributed by atoms with Gasteiger partial charge in [0.05, 0.1) is 0 Å². The Labute approximate surface area is 184 Å². The number of amides is 1. The maximum Gasteiger partial charge on any atom is 0.254 e. The Morgan fingerprint density at radius 1 is 1.03 bits per heavy atom. The first-order chi connectivity index (χ1) is 15.3. The highest BCUT2D eigenvalue weighted by molar-refractivity contribution is 7.21. The highest BCUT2D eigenvalue weighted by atomic mass is 32.1. The number of anilines is 1. The van der Waals surface area contributed by atoms with Gasteiger partial charge >= 0.3 is 0 Å². The third-order valence-corrected chi connectivity index (χ3v) is 6.24. The van der Waals surface area contributed by atoms with Crippen LogP contribution in [0.2, 0.25) is 0 Å². The van der Waals surface area contributed by atoms with Crippen molar-refractivity contribution in [2.75, 3.05) is 31.1 Å². The second-order valence-corrected chi connectivity index (χ2v) is 8.24. The molecule has 0 bridgehead atoms. The predicted octanol–water partition coefficient (Wildman–Crippen LogP) is 3.63. The zero-order valence-electron chi connectivity index (χ0n) is 16.8. The molecule has 1 fully saturated rings. The zero-order valence-corrected chi connectivity index (χ0v) is 17.7. The summed E-state index contributed by atoms with van der Waals surface area (Å²) in [5, 5.41) is 0.964. The van der Waals surface area contributed by atoms with Gasteiger partial charge in [-0.05, 0) is 36.4 Å². The predicted molar refractivity (Wildman–Crippen MR) is 121 cm³/mol. The van der Waals surface area contributed by atoms with Crippen LogP contribution >= 0.6 is 11.3 Å². The van der Waals surface area contributed by atoms with E-state index in [1.807, 2.05) is 53.4 Å². The van der Waals surface area contributed by atoms with Gasteiger partial charge in [-0.1, -0.05) is 23.5 Å². The molecule has 31 heavy (non-hydrogen) atoms. The molecule has 0 unspecified atom stereocenters. The molecule has 0 aliphatic carbocycles. The van der Waals surface area contributed by atoms with E-state index in [1.165, 1.54) is 0 Å². The molecule has 0 saturated carbocycles. The Bertz CT molecular complexity index is 1160. The molecule has 0 spiro atoms.